The van der Waals surface area contributed by atoms with Crippen molar-refractivity contribution in [3.8, 4) is 0 Å². The first kappa shape index (κ1) is 17.1. The number of nitrogens with zero attached hydrogens (tertiary/aromatic N) is 1. The van der Waals surface area contributed by atoms with Crippen LogP contribution in [0.25, 0.3) is 0 Å². The molecule has 1 rings (SSSR count). The van der Waals surface area contributed by atoms with E-state index < -0.39 is 17.8 Å². The molecule has 1 heterocycles. The number of ether oxygens (including phenoxy) is 1. The zero-order valence-corrected chi connectivity index (χ0v) is 12.1. The standard InChI is InChI=1S/C13H20N2O6/c1-2-20-9-8-14-10(16)4-3-5-13(19)21-15-11(17)6-7-12(15)18/h2-9H2,1H3,(H,14,16). The maximum Gasteiger partial charge on any atom is 0.333 e. The van der Waals surface area contributed by atoms with Gasteiger partial charge in [-0.3, -0.25) is 14.4 Å². The van der Waals surface area contributed by atoms with Crippen molar-refractivity contribution in [2.45, 2.75) is 39.0 Å². The molecule has 0 saturated carbocycles. The normalized spacial score (nSPS) is 14.4. The minimum atomic E-state index is -0.694. The van der Waals surface area contributed by atoms with Crippen LogP contribution in [0.15, 0.2) is 0 Å². The first-order valence-electron chi connectivity index (χ1n) is 6.95. The number of hydrogen-bond donors (Lipinski definition) is 1. The van der Waals surface area contributed by atoms with Crippen LogP contribution in [0.3, 0.4) is 0 Å². The maximum atomic E-state index is 11.5. The van der Waals surface area contributed by atoms with E-state index in [2.05, 4.69) is 10.2 Å². The highest BCUT2D eigenvalue weighted by molar-refractivity contribution is 6.01. The highest BCUT2D eigenvalue weighted by atomic mass is 16.7. The van der Waals surface area contributed by atoms with Gasteiger partial charge in [0.25, 0.3) is 11.8 Å². The molecule has 118 valence electrons. The van der Waals surface area contributed by atoms with Gasteiger partial charge in [0, 0.05) is 38.8 Å². The molecule has 1 aliphatic heterocycles. The highest BCUT2D eigenvalue weighted by Gasteiger charge is 2.32. The number of hydroxylamine groups is 2. The van der Waals surface area contributed by atoms with E-state index in [4.69, 9.17) is 4.74 Å². The van der Waals surface area contributed by atoms with Gasteiger partial charge < -0.3 is 14.9 Å². The first-order valence-corrected chi connectivity index (χ1v) is 6.95. The summed E-state index contributed by atoms with van der Waals surface area (Å²) in [6.07, 6.45) is 0.553. The van der Waals surface area contributed by atoms with E-state index in [1.54, 1.807) is 0 Å². The molecule has 0 aromatic heterocycles. The number of hydrogen-bond acceptors (Lipinski definition) is 6. The highest BCUT2D eigenvalue weighted by Crippen LogP contribution is 2.13. The van der Waals surface area contributed by atoms with Gasteiger partial charge in [0.1, 0.15) is 0 Å². The molecule has 3 amide bonds. The number of carbonyl (C=O) groups is 4. The Hall–Kier alpha value is -1.96. The second-order valence-electron chi connectivity index (χ2n) is 4.45. The quantitative estimate of drug-likeness (QED) is 0.472. The lowest BCUT2D eigenvalue weighted by atomic mass is 10.2. The zero-order chi connectivity index (χ0) is 15.7. The van der Waals surface area contributed by atoms with E-state index in [-0.39, 0.29) is 38.0 Å². The molecule has 0 aliphatic carbocycles. The third kappa shape index (κ3) is 6.35. The molecular weight excluding hydrogens is 280 g/mol. The van der Waals surface area contributed by atoms with Crippen LogP contribution in [0.1, 0.15) is 39.0 Å². The Labute approximate surface area is 122 Å². The number of carbonyl (C=O) groups excluding carboxylic acids is 4. The van der Waals surface area contributed by atoms with Crippen LogP contribution in [0, 0.1) is 0 Å². The fraction of sp³-hybridized carbons (Fsp3) is 0.692. The van der Waals surface area contributed by atoms with Crippen LogP contribution < -0.4 is 5.32 Å². The third-order valence-corrected chi connectivity index (χ3v) is 2.76. The summed E-state index contributed by atoms with van der Waals surface area (Å²) in [5.74, 6) is -1.90. The van der Waals surface area contributed by atoms with Gasteiger partial charge in [0.05, 0.1) is 6.61 Å². The molecule has 1 aliphatic rings. The predicted molar refractivity (Wildman–Crippen MR) is 70.5 cm³/mol. The molecule has 1 fully saturated rings. The summed E-state index contributed by atoms with van der Waals surface area (Å²) in [4.78, 5) is 50.0. The molecule has 0 bridgehead atoms. The van der Waals surface area contributed by atoms with Crippen molar-refractivity contribution in [3.63, 3.8) is 0 Å². The lowest BCUT2D eigenvalue weighted by molar-refractivity contribution is -0.197. The Morgan fingerprint density at radius 2 is 1.86 bits per heavy atom. The molecule has 0 aromatic carbocycles. The topological polar surface area (TPSA) is 102 Å². The number of nitrogens with one attached hydrogen (secondary N) is 1. The molecule has 21 heavy (non-hydrogen) atoms. The van der Waals surface area contributed by atoms with Crippen molar-refractivity contribution in [2.75, 3.05) is 19.8 Å². The third-order valence-electron chi connectivity index (χ3n) is 2.76. The van der Waals surface area contributed by atoms with Crippen molar-refractivity contribution < 1.29 is 28.8 Å². The van der Waals surface area contributed by atoms with Crippen LogP contribution in [0.4, 0.5) is 0 Å². The second-order valence-corrected chi connectivity index (χ2v) is 4.45. The van der Waals surface area contributed by atoms with Crippen molar-refractivity contribution in [2.24, 2.45) is 0 Å². The molecule has 8 heteroatoms. The SMILES string of the molecule is CCOCCNC(=O)CCCC(=O)ON1C(=O)CCC1=O. The summed E-state index contributed by atoms with van der Waals surface area (Å²) in [6.45, 7) is 3.33. The fourth-order valence-electron chi connectivity index (χ4n) is 1.69. The maximum absolute atomic E-state index is 11.5. The number of amides is 3. The average molecular weight is 300 g/mol. The van der Waals surface area contributed by atoms with Crippen LogP contribution in [0.5, 0.6) is 0 Å². The summed E-state index contributed by atoms with van der Waals surface area (Å²) >= 11 is 0. The summed E-state index contributed by atoms with van der Waals surface area (Å²) in [7, 11) is 0. The summed E-state index contributed by atoms with van der Waals surface area (Å²) in [6, 6.07) is 0. The van der Waals surface area contributed by atoms with Crippen molar-refractivity contribution >= 4 is 23.7 Å². The Balaban J connectivity index is 2.11. The van der Waals surface area contributed by atoms with Crippen LogP contribution in [0.2, 0.25) is 0 Å². The number of imide groups is 1. The monoisotopic (exact) mass is 300 g/mol. The van der Waals surface area contributed by atoms with Gasteiger partial charge in [-0.25, -0.2) is 4.79 Å². The summed E-state index contributed by atoms with van der Waals surface area (Å²) < 4.78 is 5.06. The van der Waals surface area contributed by atoms with Gasteiger partial charge in [0.2, 0.25) is 5.91 Å². The first-order chi connectivity index (χ1) is 10.0. The predicted octanol–water partition coefficient (Wildman–Crippen LogP) is -0.0834. The van der Waals surface area contributed by atoms with E-state index >= 15 is 0 Å². The Morgan fingerprint density at radius 1 is 1.19 bits per heavy atom. The molecule has 0 unspecified atom stereocenters. The van der Waals surface area contributed by atoms with Crippen molar-refractivity contribution in [1.29, 1.82) is 0 Å². The van der Waals surface area contributed by atoms with Gasteiger partial charge in [-0.15, -0.1) is 5.06 Å². The molecule has 0 spiro atoms. The van der Waals surface area contributed by atoms with E-state index in [0.29, 0.717) is 24.8 Å². The molecule has 1 N–H and O–H groups in total. The smallest absolute Gasteiger partial charge is 0.333 e. The van der Waals surface area contributed by atoms with E-state index in [0.717, 1.165) is 0 Å². The molecular formula is C13H20N2O6. The van der Waals surface area contributed by atoms with Gasteiger partial charge >= 0.3 is 5.97 Å². The summed E-state index contributed by atoms with van der Waals surface area (Å²) in [5, 5.41) is 3.15. The largest absolute Gasteiger partial charge is 0.380 e. The molecule has 0 aromatic rings. The second kappa shape index (κ2) is 9.06. The van der Waals surface area contributed by atoms with Gasteiger partial charge in [0.15, 0.2) is 0 Å². The molecule has 0 atom stereocenters. The van der Waals surface area contributed by atoms with Crippen LogP contribution in [-0.4, -0.2) is 48.5 Å². The zero-order valence-electron chi connectivity index (χ0n) is 12.1. The Morgan fingerprint density at radius 3 is 2.48 bits per heavy atom. The van der Waals surface area contributed by atoms with Crippen LogP contribution in [-0.2, 0) is 28.8 Å². The molecule has 1 saturated heterocycles. The lowest BCUT2D eigenvalue weighted by Gasteiger charge is -2.12. The lowest BCUT2D eigenvalue weighted by Crippen LogP contribution is -2.32. The van der Waals surface area contributed by atoms with Gasteiger partial charge in [-0.2, -0.15) is 0 Å². The van der Waals surface area contributed by atoms with Crippen molar-refractivity contribution in [1.82, 2.24) is 10.4 Å². The molecule has 0 radical (unpaired) electrons. The average Bonchev–Trinajstić information content (AvgIpc) is 2.75. The minimum absolute atomic E-state index is 0.0318. The van der Waals surface area contributed by atoms with E-state index in [9.17, 15) is 19.2 Å². The fourth-order valence-corrected chi connectivity index (χ4v) is 1.69. The molecule has 8 nitrogen and oxygen atoms in total. The Bertz CT molecular complexity index is 393. The summed E-state index contributed by atoms with van der Waals surface area (Å²) in [5.41, 5.74) is 0. The van der Waals surface area contributed by atoms with Gasteiger partial charge in [-0.1, -0.05) is 0 Å². The van der Waals surface area contributed by atoms with E-state index in [1.807, 2.05) is 6.92 Å². The van der Waals surface area contributed by atoms with Crippen molar-refractivity contribution in [3.05, 3.63) is 0 Å². The minimum Gasteiger partial charge on any atom is -0.380 e. The Kier molecular flexibility index (Phi) is 7.38. The van der Waals surface area contributed by atoms with Gasteiger partial charge in [-0.05, 0) is 13.3 Å². The van der Waals surface area contributed by atoms with Crippen LogP contribution >= 0.6 is 0 Å². The van der Waals surface area contributed by atoms with E-state index in [1.165, 1.54) is 0 Å². The number of rotatable bonds is 9.